The van der Waals surface area contributed by atoms with E-state index in [0.29, 0.717) is 39.7 Å². The Balaban J connectivity index is 2.51. The Morgan fingerprint density at radius 1 is 0.767 bits per heavy atom. The van der Waals surface area contributed by atoms with Crippen molar-refractivity contribution >= 4 is 16.7 Å². The first-order valence-electron chi connectivity index (χ1n) is 8.75. The summed E-state index contributed by atoms with van der Waals surface area (Å²) in [5.74, 6) is 0.419. The fourth-order valence-electron chi connectivity index (χ4n) is 3.34. The molecule has 1 heterocycles. The van der Waals surface area contributed by atoms with Gasteiger partial charge in [0.1, 0.15) is 5.69 Å². The molecule has 0 saturated carbocycles. The summed E-state index contributed by atoms with van der Waals surface area (Å²) in [7, 11) is 7.28. The number of hydrogen-bond acceptors (Lipinski definition) is 7. The molecular formula is C21H21NO8. The van der Waals surface area contributed by atoms with Gasteiger partial charge >= 0.3 is 5.97 Å². The topological polar surface area (TPSA) is 116 Å². The van der Waals surface area contributed by atoms with Crippen molar-refractivity contribution in [3.8, 4) is 39.9 Å². The molecule has 0 bridgehead atoms. The van der Waals surface area contributed by atoms with Crippen LogP contribution in [-0.2, 0) is 0 Å². The van der Waals surface area contributed by atoms with E-state index in [-0.39, 0.29) is 16.6 Å². The molecule has 0 aliphatic heterocycles. The zero-order valence-electron chi connectivity index (χ0n) is 17.1. The smallest absolute Gasteiger partial charge is 0.353 e. The maximum atomic E-state index is 12.6. The molecule has 30 heavy (non-hydrogen) atoms. The summed E-state index contributed by atoms with van der Waals surface area (Å²) in [5.41, 5.74) is -0.152. The van der Waals surface area contributed by atoms with E-state index in [4.69, 9.17) is 23.7 Å². The van der Waals surface area contributed by atoms with Crippen LogP contribution in [0.2, 0.25) is 0 Å². The summed E-state index contributed by atoms with van der Waals surface area (Å²) in [6.45, 7) is 0. The number of ether oxygens (including phenoxy) is 5. The van der Waals surface area contributed by atoms with Crippen molar-refractivity contribution in [3.05, 3.63) is 40.3 Å². The van der Waals surface area contributed by atoms with Crippen LogP contribution in [-0.4, -0.2) is 51.6 Å². The quantitative estimate of drug-likeness (QED) is 0.605. The fourth-order valence-corrected chi connectivity index (χ4v) is 3.34. The van der Waals surface area contributed by atoms with Gasteiger partial charge in [0.15, 0.2) is 23.0 Å². The molecule has 0 atom stereocenters. The Kier molecular flexibility index (Phi) is 5.72. The predicted octanol–water partition coefficient (Wildman–Crippen LogP) is 2.94. The molecule has 3 rings (SSSR count). The SMILES string of the molecule is COc1cc2c(-c3cc(OC)c(OC)c(OC)c3)c(C(=O)O)[nH]c(=O)c2cc1OC. The first-order chi connectivity index (χ1) is 14.4. The highest BCUT2D eigenvalue weighted by molar-refractivity contribution is 6.07. The van der Waals surface area contributed by atoms with Crippen LogP contribution in [0.3, 0.4) is 0 Å². The summed E-state index contributed by atoms with van der Waals surface area (Å²) in [5, 5.41) is 10.4. The Hall–Kier alpha value is -3.88. The van der Waals surface area contributed by atoms with Gasteiger partial charge in [-0.3, -0.25) is 4.79 Å². The Morgan fingerprint density at radius 2 is 1.27 bits per heavy atom. The fraction of sp³-hybridized carbons (Fsp3) is 0.238. The highest BCUT2D eigenvalue weighted by Crippen LogP contribution is 2.44. The summed E-state index contributed by atoms with van der Waals surface area (Å²) >= 11 is 0. The van der Waals surface area contributed by atoms with Crippen molar-refractivity contribution in [3.63, 3.8) is 0 Å². The second-order valence-electron chi connectivity index (χ2n) is 6.18. The molecule has 0 aliphatic rings. The molecule has 0 unspecified atom stereocenters. The van der Waals surface area contributed by atoms with Gasteiger partial charge in [0, 0.05) is 10.9 Å². The second-order valence-corrected chi connectivity index (χ2v) is 6.18. The van der Waals surface area contributed by atoms with E-state index >= 15 is 0 Å². The minimum Gasteiger partial charge on any atom is -0.493 e. The van der Waals surface area contributed by atoms with E-state index < -0.39 is 11.5 Å². The molecule has 1 aromatic heterocycles. The van der Waals surface area contributed by atoms with E-state index in [1.807, 2.05) is 0 Å². The lowest BCUT2D eigenvalue weighted by Gasteiger charge is -2.17. The number of aromatic nitrogens is 1. The first-order valence-corrected chi connectivity index (χ1v) is 8.75. The van der Waals surface area contributed by atoms with Gasteiger partial charge in [-0.25, -0.2) is 4.79 Å². The van der Waals surface area contributed by atoms with Crippen LogP contribution in [0.5, 0.6) is 28.7 Å². The second kappa shape index (κ2) is 8.24. The lowest BCUT2D eigenvalue weighted by molar-refractivity contribution is 0.0691. The third-order valence-electron chi connectivity index (χ3n) is 4.69. The molecule has 9 heteroatoms. The van der Waals surface area contributed by atoms with E-state index in [1.165, 1.54) is 41.6 Å². The molecule has 0 amide bonds. The molecule has 3 aromatic rings. The molecule has 0 aliphatic carbocycles. The van der Waals surface area contributed by atoms with Crippen molar-refractivity contribution in [1.29, 1.82) is 0 Å². The van der Waals surface area contributed by atoms with Crippen molar-refractivity contribution in [1.82, 2.24) is 4.98 Å². The van der Waals surface area contributed by atoms with Gasteiger partial charge in [0.25, 0.3) is 5.56 Å². The standard InChI is InChI=1S/C21H21NO8/c1-26-13-8-11-12(9-14(13)27-2)20(23)22-18(21(24)25)17(11)10-6-15(28-3)19(30-5)16(7-10)29-4/h6-9H,1-5H3,(H,22,23)(H,24,25). The van der Waals surface area contributed by atoms with Crippen LogP contribution in [0.4, 0.5) is 0 Å². The number of benzene rings is 2. The third kappa shape index (κ3) is 3.34. The van der Waals surface area contributed by atoms with E-state index in [1.54, 1.807) is 18.2 Å². The molecule has 9 nitrogen and oxygen atoms in total. The van der Waals surface area contributed by atoms with Gasteiger partial charge in [0.2, 0.25) is 5.75 Å². The number of pyridine rings is 1. The largest absolute Gasteiger partial charge is 0.493 e. The van der Waals surface area contributed by atoms with Crippen LogP contribution in [0, 0.1) is 0 Å². The molecule has 2 N–H and O–H groups in total. The zero-order chi connectivity index (χ0) is 22.0. The number of H-pyrrole nitrogens is 1. The zero-order valence-corrected chi connectivity index (χ0v) is 17.1. The van der Waals surface area contributed by atoms with E-state index in [2.05, 4.69) is 4.98 Å². The molecule has 2 aromatic carbocycles. The van der Waals surface area contributed by atoms with Crippen LogP contribution in [0.1, 0.15) is 10.5 Å². The normalized spacial score (nSPS) is 10.6. The number of methoxy groups -OCH3 is 5. The average Bonchev–Trinajstić information content (AvgIpc) is 2.76. The molecule has 0 saturated heterocycles. The Morgan fingerprint density at radius 3 is 1.70 bits per heavy atom. The van der Waals surface area contributed by atoms with Gasteiger partial charge in [-0.1, -0.05) is 0 Å². The van der Waals surface area contributed by atoms with Crippen molar-refractivity contribution in [2.45, 2.75) is 0 Å². The maximum Gasteiger partial charge on any atom is 0.353 e. The van der Waals surface area contributed by atoms with Gasteiger partial charge in [-0.2, -0.15) is 0 Å². The first kappa shape index (κ1) is 20.8. The minimum atomic E-state index is -1.30. The maximum absolute atomic E-state index is 12.6. The van der Waals surface area contributed by atoms with Crippen LogP contribution < -0.4 is 29.2 Å². The highest BCUT2D eigenvalue weighted by atomic mass is 16.5. The summed E-state index contributed by atoms with van der Waals surface area (Å²) in [4.78, 5) is 27.0. The van der Waals surface area contributed by atoms with Crippen LogP contribution in [0.15, 0.2) is 29.1 Å². The number of fused-ring (bicyclic) bond motifs is 1. The number of aromatic carboxylic acids is 1. The molecule has 0 radical (unpaired) electrons. The summed E-state index contributed by atoms with van der Waals surface area (Å²) in [6, 6.07) is 6.28. The number of nitrogens with one attached hydrogen (secondary N) is 1. The van der Waals surface area contributed by atoms with E-state index in [9.17, 15) is 14.7 Å². The monoisotopic (exact) mass is 415 g/mol. The van der Waals surface area contributed by atoms with Crippen molar-refractivity contribution < 1.29 is 33.6 Å². The van der Waals surface area contributed by atoms with Gasteiger partial charge in [0.05, 0.1) is 40.9 Å². The number of rotatable bonds is 7. The molecular weight excluding hydrogens is 394 g/mol. The van der Waals surface area contributed by atoms with Crippen molar-refractivity contribution in [2.24, 2.45) is 0 Å². The lowest BCUT2D eigenvalue weighted by atomic mass is 9.96. The number of carbonyl (C=O) groups is 1. The Labute approximate surface area is 171 Å². The van der Waals surface area contributed by atoms with Crippen molar-refractivity contribution in [2.75, 3.05) is 35.5 Å². The summed E-state index contributed by atoms with van der Waals surface area (Å²) < 4.78 is 26.7. The number of hydrogen-bond donors (Lipinski definition) is 2. The highest BCUT2D eigenvalue weighted by Gasteiger charge is 2.23. The minimum absolute atomic E-state index is 0.237. The lowest BCUT2D eigenvalue weighted by Crippen LogP contribution is -2.15. The Bertz CT molecular complexity index is 1160. The van der Waals surface area contributed by atoms with Gasteiger partial charge in [-0.05, 0) is 29.8 Å². The van der Waals surface area contributed by atoms with Gasteiger partial charge in [-0.15, -0.1) is 0 Å². The van der Waals surface area contributed by atoms with Crippen LogP contribution >= 0.6 is 0 Å². The predicted molar refractivity (Wildman–Crippen MR) is 110 cm³/mol. The third-order valence-corrected chi connectivity index (χ3v) is 4.69. The number of carboxylic acid groups (broad SMARTS) is 1. The van der Waals surface area contributed by atoms with Crippen LogP contribution in [0.25, 0.3) is 21.9 Å². The van der Waals surface area contributed by atoms with Gasteiger partial charge < -0.3 is 33.8 Å². The average molecular weight is 415 g/mol. The number of aromatic amines is 1. The van der Waals surface area contributed by atoms with E-state index in [0.717, 1.165) is 0 Å². The molecule has 158 valence electrons. The molecule has 0 spiro atoms. The summed E-state index contributed by atoms with van der Waals surface area (Å²) in [6.07, 6.45) is 0. The number of carboxylic acids is 1. The molecule has 0 fully saturated rings.